The van der Waals surface area contributed by atoms with Gasteiger partial charge >= 0.3 is 0 Å². The Balaban J connectivity index is 0.00000300. The number of guanidine groups is 1. The lowest BCUT2D eigenvalue weighted by molar-refractivity contribution is 0.0574. The largest absolute Gasteiger partial charge is 0.496 e. The third-order valence-corrected chi connectivity index (χ3v) is 5.95. The summed E-state index contributed by atoms with van der Waals surface area (Å²) in [6.07, 6.45) is 6.39. The summed E-state index contributed by atoms with van der Waals surface area (Å²) in [5.41, 5.74) is 0.587. The third kappa shape index (κ3) is 6.72. The van der Waals surface area contributed by atoms with E-state index in [0.29, 0.717) is 6.54 Å². The van der Waals surface area contributed by atoms with Crippen LogP contribution in [0.15, 0.2) is 29.3 Å². The Morgan fingerprint density at radius 3 is 2.52 bits per heavy atom. The average Bonchev–Trinajstić information content (AvgIpc) is 3.39. The molecule has 2 aliphatic rings. The first-order chi connectivity index (χ1) is 13.6. The number of nitrogens with zero attached hydrogens (tertiary/aromatic N) is 2. The number of ether oxygens (including phenoxy) is 1. The molecule has 0 radical (unpaired) electrons. The second-order valence-electron chi connectivity index (χ2n) is 8.01. The van der Waals surface area contributed by atoms with Gasteiger partial charge in [-0.2, -0.15) is 0 Å². The maximum Gasteiger partial charge on any atom is 0.191 e. The van der Waals surface area contributed by atoms with Gasteiger partial charge in [-0.1, -0.05) is 31.0 Å². The number of para-hydroxylation sites is 1. The van der Waals surface area contributed by atoms with E-state index in [2.05, 4.69) is 34.6 Å². The van der Waals surface area contributed by atoms with Gasteiger partial charge in [-0.25, -0.2) is 0 Å². The highest BCUT2D eigenvalue weighted by Gasteiger charge is 2.31. The van der Waals surface area contributed by atoms with Gasteiger partial charge in [0.15, 0.2) is 5.96 Å². The summed E-state index contributed by atoms with van der Waals surface area (Å²) in [4.78, 5) is 7.22. The molecule has 0 amide bonds. The molecule has 1 aromatic carbocycles. The lowest BCUT2D eigenvalue weighted by atomic mass is 10.0. The van der Waals surface area contributed by atoms with Crippen LogP contribution in [0.4, 0.5) is 0 Å². The number of aliphatic hydroxyl groups is 1. The van der Waals surface area contributed by atoms with Crippen LogP contribution in [0.5, 0.6) is 5.75 Å². The van der Waals surface area contributed by atoms with Gasteiger partial charge in [0.05, 0.1) is 25.3 Å². The van der Waals surface area contributed by atoms with Crippen LogP contribution in [0, 0.1) is 0 Å². The number of nitrogens with one attached hydrogen (secondary N) is 2. The molecule has 1 saturated carbocycles. The fourth-order valence-corrected chi connectivity index (χ4v) is 4.38. The van der Waals surface area contributed by atoms with Gasteiger partial charge in [0.2, 0.25) is 0 Å². The maximum absolute atomic E-state index is 10.6. The van der Waals surface area contributed by atoms with Crippen molar-refractivity contribution in [2.75, 3.05) is 39.8 Å². The number of hydrogen-bond acceptors (Lipinski definition) is 4. The predicted octanol–water partition coefficient (Wildman–Crippen LogP) is 3.31. The van der Waals surface area contributed by atoms with Crippen molar-refractivity contribution in [1.82, 2.24) is 15.5 Å². The van der Waals surface area contributed by atoms with E-state index < -0.39 is 5.60 Å². The molecule has 1 saturated heterocycles. The first-order valence-corrected chi connectivity index (χ1v) is 10.8. The molecule has 0 bridgehead atoms. The summed E-state index contributed by atoms with van der Waals surface area (Å²) in [6.45, 7) is 6.30. The molecule has 6 nitrogen and oxygen atoms in total. The summed E-state index contributed by atoms with van der Waals surface area (Å²) in [5.74, 6) is 1.71. The zero-order valence-corrected chi connectivity index (χ0v) is 20.2. The monoisotopic (exact) mass is 516 g/mol. The number of rotatable bonds is 8. The molecule has 1 aliphatic carbocycles. The van der Waals surface area contributed by atoms with E-state index in [0.717, 1.165) is 63.6 Å². The molecule has 1 aliphatic heterocycles. The van der Waals surface area contributed by atoms with E-state index in [1.807, 2.05) is 12.1 Å². The van der Waals surface area contributed by atoms with Crippen LogP contribution in [0.2, 0.25) is 0 Å². The summed E-state index contributed by atoms with van der Waals surface area (Å²) < 4.78 is 5.64. The summed E-state index contributed by atoms with van der Waals surface area (Å²) in [5, 5.41) is 17.5. The Labute approximate surface area is 192 Å². The fraction of sp³-hybridized carbons (Fsp3) is 0.682. The molecule has 1 unspecified atom stereocenters. The fourth-order valence-electron chi connectivity index (χ4n) is 4.38. The van der Waals surface area contributed by atoms with E-state index in [4.69, 9.17) is 9.73 Å². The summed E-state index contributed by atoms with van der Waals surface area (Å²) in [7, 11) is 1.74. The van der Waals surface area contributed by atoms with Gasteiger partial charge in [0.25, 0.3) is 0 Å². The van der Waals surface area contributed by atoms with Crippen molar-refractivity contribution in [2.45, 2.75) is 57.1 Å². The molecule has 0 aromatic heterocycles. The lowest BCUT2D eigenvalue weighted by Crippen LogP contribution is -2.43. The van der Waals surface area contributed by atoms with Crippen LogP contribution >= 0.6 is 24.0 Å². The highest BCUT2D eigenvalue weighted by Crippen LogP contribution is 2.31. The van der Waals surface area contributed by atoms with Crippen molar-refractivity contribution >= 4 is 29.9 Å². The van der Waals surface area contributed by atoms with E-state index in [1.54, 1.807) is 7.11 Å². The minimum absolute atomic E-state index is 0. The highest BCUT2D eigenvalue weighted by atomic mass is 127. The number of halogens is 1. The SMILES string of the molecule is CCNC(=NCC1(O)CCCC1)NCC(c1ccccc1OC)N1CCCC1.I. The zero-order chi connectivity index (χ0) is 19.8. The summed E-state index contributed by atoms with van der Waals surface area (Å²) >= 11 is 0. The van der Waals surface area contributed by atoms with E-state index in [1.165, 1.54) is 18.4 Å². The second kappa shape index (κ2) is 12.0. The number of benzene rings is 1. The molecule has 1 heterocycles. The van der Waals surface area contributed by atoms with Crippen molar-refractivity contribution in [2.24, 2.45) is 4.99 Å². The molecule has 0 spiro atoms. The van der Waals surface area contributed by atoms with Gasteiger partial charge < -0.3 is 20.5 Å². The lowest BCUT2D eigenvalue weighted by Gasteiger charge is -2.30. The Hall–Kier alpha value is -1.06. The Morgan fingerprint density at radius 1 is 1.17 bits per heavy atom. The second-order valence-corrected chi connectivity index (χ2v) is 8.01. The molecule has 3 N–H and O–H groups in total. The summed E-state index contributed by atoms with van der Waals surface area (Å²) in [6, 6.07) is 8.53. The number of methoxy groups -OCH3 is 1. The molecule has 29 heavy (non-hydrogen) atoms. The van der Waals surface area contributed by atoms with Gasteiger partial charge in [-0.05, 0) is 51.8 Å². The molecule has 3 rings (SSSR count). The molecule has 164 valence electrons. The number of likely N-dealkylation sites (tertiary alicyclic amines) is 1. The minimum atomic E-state index is -0.626. The van der Waals surface area contributed by atoms with Crippen LogP contribution in [0.1, 0.15) is 57.1 Å². The van der Waals surface area contributed by atoms with Crippen molar-refractivity contribution < 1.29 is 9.84 Å². The van der Waals surface area contributed by atoms with Gasteiger partial charge in [-0.15, -0.1) is 24.0 Å². The Kier molecular flexibility index (Phi) is 9.98. The third-order valence-electron chi connectivity index (χ3n) is 5.95. The van der Waals surface area contributed by atoms with Crippen molar-refractivity contribution in [1.29, 1.82) is 0 Å². The minimum Gasteiger partial charge on any atom is -0.496 e. The number of aliphatic imine (C=N–C) groups is 1. The van der Waals surface area contributed by atoms with Gasteiger partial charge in [-0.3, -0.25) is 9.89 Å². The molecular weight excluding hydrogens is 479 g/mol. The van der Waals surface area contributed by atoms with Gasteiger partial charge in [0, 0.05) is 18.7 Å². The van der Waals surface area contributed by atoms with Crippen LogP contribution in [0.3, 0.4) is 0 Å². The van der Waals surface area contributed by atoms with Crippen LogP contribution in [-0.4, -0.2) is 61.4 Å². The molecule has 1 atom stereocenters. The average molecular weight is 516 g/mol. The molecular formula is C22H37IN4O2. The normalized spacial score (nSPS) is 20.2. The maximum atomic E-state index is 10.6. The first kappa shape index (κ1) is 24.2. The Bertz CT molecular complexity index is 643. The van der Waals surface area contributed by atoms with Crippen molar-refractivity contribution in [3.8, 4) is 5.75 Å². The number of hydrogen-bond donors (Lipinski definition) is 3. The molecule has 2 fully saturated rings. The van der Waals surface area contributed by atoms with Crippen molar-refractivity contribution in [3.05, 3.63) is 29.8 Å². The van der Waals surface area contributed by atoms with Crippen LogP contribution < -0.4 is 15.4 Å². The highest BCUT2D eigenvalue weighted by molar-refractivity contribution is 14.0. The zero-order valence-electron chi connectivity index (χ0n) is 17.8. The van der Waals surface area contributed by atoms with Gasteiger partial charge in [0.1, 0.15) is 5.75 Å². The predicted molar refractivity (Wildman–Crippen MR) is 129 cm³/mol. The van der Waals surface area contributed by atoms with Crippen molar-refractivity contribution in [3.63, 3.8) is 0 Å². The topological polar surface area (TPSA) is 69.1 Å². The van der Waals surface area contributed by atoms with E-state index in [-0.39, 0.29) is 30.0 Å². The van der Waals surface area contributed by atoms with Crippen LogP contribution in [0.25, 0.3) is 0 Å². The van der Waals surface area contributed by atoms with E-state index >= 15 is 0 Å². The quantitative estimate of drug-likeness (QED) is 0.281. The Morgan fingerprint density at radius 2 is 1.86 bits per heavy atom. The van der Waals surface area contributed by atoms with E-state index in [9.17, 15) is 5.11 Å². The molecule has 7 heteroatoms. The smallest absolute Gasteiger partial charge is 0.191 e. The molecule has 1 aromatic rings. The van der Waals surface area contributed by atoms with Crippen LogP contribution in [-0.2, 0) is 0 Å². The first-order valence-electron chi connectivity index (χ1n) is 10.8. The standard InChI is InChI=1S/C22H36N4O2.HI/c1-3-23-21(25-17-22(27)12-6-7-13-22)24-16-19(26-14-8-9-15-26)18-10-4-5-11-20(18)28-2;/h4-5,10-11,19,27H,3,6-9,12-17H2,1-2H3,(H2,23,24,25);1H.